The van der Waals surface area contributed by atoms with E-state index in [4.69, 9.17) is 14.2 Å². The Hall–Kier alpha value is -3.16. The Balaban J connectivity index is 2.08. The van der Waals surface area contributed by atoms with Crippen LogP contribution in [-0.2, 0) is 15.7 Å². The summed E-state index contributed by atoms with van der Waals surface area (Å²) in [6.07, 6.45) is -3.97. The third-order valence-corrected chi connectivity index (χ3v) is 4.67. The van der Waals surface area contributed by atoms with E-state index in [2.05, 4.69) is 0 Å². The molecule has 0 aliphatic heterocycles. The largest absolute Gasteiger partial charge is 0.497 e. The lowest BCUT2D eigenvalue weighted by molar-refractivity contribution is -0.137. The minimum atomic E-state index is -4.40. The van der Waals surface area contributed by atoms with Crippen molar-refractivity contribution < 1.29 is 37.3 Å². The lowest BCUT2D eigenvalue weighted by Crippen LogP contribution is -2.21. The molecule has 0 aliphatic carbocycles. The normalized spacial score (nSPS) is 13.4. The molecule has 2 rings (SSSR count). The van der Waals surface area contributed by atoms with Crippen molar-refractivity contribution in [3.8, 4) is 17.2 Å². The van der Waals surface area contributed by atoms with Gasteiger partial charge >= 0.3 is 12.1 Å². The van der Waals surface area contributed by atoms with Crippen molar-refractivity contribution in [2.24, 2.45) is 5.92 Å². The van der Waals surface area contributed by atoms with E-state index < -0.39 is 23.8 Å². The van der Waals surface area contributed by atoms with Crippen LogP contribution in [0.3, 0.4) is 0 Å². The van der Waals surface area contributed by atoms with E-state index in [1.54, 1.807) is 31.2 Å². The Morgan fingerprint density at radius 2 is 1.44 bits per heavy atom. The zero-order valence-corrected chi connectivity index (χ0v) is 18.4. The number of rotatable bonds is 10. The summed E-state index contributed by atoms with van der Waals surface area (Å²) in [5.41, 5.74) is -0.574. The molecule has 0 saturated heterocycles. The highest BCUT2D eigenvalue weighted by Crippen LogP contribution is 2.32. The van der Waals surface area contributed by atoms with Crippen LogP contribution in [0, 0.1) is 5.92 Å². The highest BCUT2D eigenvalue weighted by Gasteiger charge is 2.30. The molecule has 8 heteroatoms. The molecule has 0 amide bonds. The number of hydrogen-bond acceptors (Lipinski definition) is 4. The topological polar surface area (TPSA) is 65.0 Å². The minimum absolute atomic E-state index is 0.177. The number of alkyl halides is 3. The maximum absolute atomic E-state index is 12.7. The standard InChI is InChI=1S/C24H27F3O5/c1-15(2)5-14-21(23(28)29)22(30-4)16(3)31-18-10-12-20(13-11-18)32-19-8-6-17(7-9-19)24(25,26)27/h6-13,15-16H,5,14H2,1-4H3,(H,28,29). The van der Waals surface area contributed by atoms with Crippen LogP contribution in [0.5, 0.6) is 17.2 Å². The first-order valence-corrected chi connectivity index (χ1v) is 10.1. The number of methoxy groups -OCH3 is 1. The first-order chi connectivity index (χ1) is 15.0. The molecule has 0 bridgehead atoms. The lowest BCUT2D eigenvalue weighted by Gasteiger charge is -2.20. The number of aliphatic carboxylic acids is 1. The first kappa shape index (κ1) is 25.1. The van der Waals surface area contributed by atoms with E-state index >= 15 is 0 Å². The maximum Gasteiger partial charge on any atom is 0.416 e. The molecule has 2 aromatic rings. The Kier molecular flexibility index (Phi) is 8.57. The summed E-state index contributed by atoms with van der Waals surface area (Å²) in [7, 11) is 1.41. The van der Waals surface area contributed by atoms with Crippen LogP contribution < -0.4 is 9.47 Å². The molecule has 0 aromatic heterocycles. The summed E-state index contributed by atoms with van der Waals surface area (Å²) in [6, 6.07) is 10.8. The molecule has 32 heavy (non-hydrogen) atoms. The molecule has 0 heterocycles. The molecule has 1 N–H and O–H groups in total. The Morgan fingerprint density at radius 1 is 0.938 bits per heavy atom. The van der Waals surface area contributed by atoms with E-state index in [9.17, 15) is 23.1 Å². The molecule has 0 saturated carbocycles. The second-order valence-electron chi connectivity index (χ2n) is 7.64. The fourth-order valence-corrected chi connectivity index (χ4v) is 3.00. The predicted molar refractivity (Wildman–Crippen MR) is 114 cm³/mol. The molecule has 1 atom stereocenters. The van der Waals surface area contributed by atoms with Crippen molar-refractivity contribution in [3.63, 3.8) is 0 Å². The quantitative estimate of drug-likeness (QED) is 0.322. The lowest BCUT2D eigenvalue weighted by atomic mass is 10.0. The summed E-state index contributed by atoms with van der Waals surface area (Å²) in [5.74, 6) is 0.689. The van der Waals surface area contributed by atoms with Gasteiger partial charge in [-0.15, -0.1) is 0 Å². The molecular formula is C24H27F3O5. The van der Waals surface area contributed by atoms with E-state index in [0.29, 0.717) is 30.3 Å². The fourth-order valence-electron chi connectivity index (χ4n) is 3.00. The highest BCUT2D eigenvalue weighted by atomic mass is 19.4. The number of hydrogen-bond donors (Lipinski definition) is 1. The van der Waals surface area contributed by atoms with Crippen LogP contribution in [0.25, 0.3) is 0 Å². The van der Waals surface area contributed by atoms with Gasteiger partial charge in [-0.3, -0.25) is 0 Å². The van der Waals surface area contributed by atoms with Gasteiger partial charge in [-0.25, -0.2) is 4.79 Å². The van der Waals surface area contributed by atoms with Gasteiger partial charge in [-0.1, -0.05) is 13.8 Å². The molecule has 5 nitrogen and oxygen atoms in total. The number of ether oxygens (including phenoxy) is 3. The zero-order valence-electron chi connectivity index (χ0n) is 18.4. The first-order valence-electron chi connectivity index (χ1n) is 10.1. The Morgan fingerprint density at radius 3 is 1.88 bits per heavy atom. The zero-order chi connectivity index (χ0) is 23.9. The van der Waals surface area contributed by atoms with Gasteiger partial charge in [0.2, 0.25) is 0 Å². The van der Waals surface area contributed by atoms with Gasteiger partial charge < -0.3 is 19.3 Å². The van der Waals surface area contributed by atoms with Crippen molar-refractivity contribution in [2.75, 3.05) is 7.11 Å². The molecule has 0 aliphatic rings. The Labute approximate surface area is 185 Å². The van der Waals surface area contributed by atoms with Gasteiger partial charge in [-0.05, 0) is 74.2 Å². The van der Waals surface area contributed by atoms with Crippen molar-refractivity contribution in [1.29, 1.82) is 0 Å². The number of carbonyl (C=O) groups is 1. The van der Waals surface area contributed by atoms with Gasteiger partial charge in [0.05, 0.1) is 18.2 Å². The highest BCUT2D eigenvalue weighted by molar-refractivity contribution is 5.87. The second-order valence-corrected chi connectivity index (χ2v) is 7.64. The minimum Gasteiger partial charge on any atom is -0.497 e. The summed E-state index contributed by atoms with van der Waals surface area (Å²) in [6.45, 7) is 5.73. The summed E-state index contributed by atoms with van der Waals surface area (Å²) in [4.78, 5) is 11.7. The summed E-state index contributed by atoms with van der Waals surface area (Å²) < 4.78 is 54.7. The van der Waals surface area contributed by atoms with Crippen molar-refractivity contribution in [1.82, 2.24) is 0 Å². The average molecular weight is 452 g/mol. The van der Waals surface area contributed by atoms with Crippen LogP contribution >= 0.6 is 0 Å². The number of carboxylic acid groups (broad SMARTS) is 1. The van der Waals surface area contributed by atoms with Crippen molar-refractivity contribution >= 4 is 5.97 Å². The number of benzene rings is 2. The maximum atomic E-state index is 12.7. The number of carboxylic acids is 1. The molecule has 2 aromatic carbocycles. The van der Waals surface area contributed by atoms with E-state index in [1.165, 1.54) is 19.2 Å². The summed E-state index contributed by atoms with van der Waals surface area (Å²) >= 11 is 0. The van der Waals surface area contributed by atoms with Crippen LogP contribution in [0.2, 0.25) is 0 Å². The van der Waals surface area contributed by atoms with E-state index in [1.807, 2.05) is 13.8 Å². The second kappa shape index (κ2) is 10.9. The van der Waals surface area contributed by atoms with Crippen LogP contribution in [0.1, 0.15) is 39.2 Å². The number of halogens is 3. The van der Waals surface area contributed by atoms with Crippen molar-refractivity contribution in [2.45, 2.75) is 45.9 Å². The van der Waals surface area contributed by atoms with Gasteiger partial charge in [-0.2, -0.15) is 13.2 Å². The molecule has 174 valence electrons. The molecule has 0 fully saturated rings. The van der Waals surface area contributed by atoms with Gasteiger partial charge in [0.1, 0.15) is 23.0 Å². The Bertz CT molecular complexity index is 916. The molecule has 0 radical (unpaired) electrons. The summed E-state index contributed by atoms with van der Waals surface area (Å²) in [5, 5.41) is 9.57. The third-order valence-electron chi connectivity index (χ3n) is 4.67. The smallest absolute Gasteiger partial charge is 0.416 e. The van der Waals surface area contributed by atoms with Crippen LogP contribution in [0.15, 0.2) is 59.9 Å². The molecule has 0 spiro atoms. The predicted octanol–water partition coefficient (Wildman–Crippen LogP) is 6.69. The third kappa shape index (κ3) is 7.21. The van der Waals surface area contributed by atoms with Crippen molar-refractivity contribution in [3.05, 3.63) is 65.4 Å². The van der Waals surface area contributed by atoms with Gasteiger partial charge in [0.25, 0.3) is 0 Å². The molecular weight excluding hydrogens is 425 g/mol. The molecule has 1 unspecified atom stereocenters. The SMILES string of the molecule is COC(=C(CCC(C)C)C(=O)O)C(C)Oc1ccc(Oc2ccc(C(F)(F)F)cc2)cc1. The monoisotopic (exact) mass is 452 g/mol. The van der Waals surface area contributed by atoms with Crippen LogP contribution in [0.4, 0.5) is 13.2 Å². The fraction of sp³-hybridized carbons (Fsp3) is 0.375. The van der Waals surface area contributed by atoms with Gasteiger partial charge in [0, 0.05) is 0 Å². The van der Waals surface area contributed by atoms with Gasteiger partial charge in [0.15, 0.2) is 6.10 Å². The average Bonchev–Trinajstić information content (AvgIpc) is 2.71. The van der Waals surface area contributed by atoms with E-state index in [0.717, 1.165) is 12.1 Å². The van der Waals surface area contributed by atoms with Crippen LogP contribution in [-0.4, -0.2) is 24.3 Å². The van der Waals surface area contributed by atoms with E-state index in [-0.39, 0.29) is 17.1 Å².